The lowest BCUT2D eigenvalue weighted by Gasteiger charge is -2.19. The number of H-pyrrole nitrogens is 1. The van der Waals surface area contributed by atoms with E-state index in [9.17, 15) is 4.79 Å². The molecule has 0 saturated carbocycles. The molecule has 3 rings (SSSR count). The second-order valence-electron chi connectivity index (χ2n) is 6.67. The van der Waals surface area contributed by atoms with Crippen LogP contribution in [-0.4, -0.2) is 46.3 Å². The molecular weight excluding hydrogens is 350 g/mol. The minimum atomic E-state index is -0.110. The lowest BCUT2D eigenvalue weighted by molar-refractivity contribution is 0.391. The summed E-state index contributed by atoms with van der Waals surface area (Å²) in [5.41, 5.74) is 0.480. The molecule has 28 heavy (non-hydrogen) atoms. The summed E-state index contributed by atoms with van der Waals surface area (Å²) in [5.74, 6) is 0.739. The monoisotopic (exact) mass is 383 g/mol. The molecular formula is C22H33N5O. The van der Waals surface area contributed by atoms with E-state index in [1.165, 1.54) is 4.68 Å². The van der Waals surface area contributed by atoms with Crippen LogP contribution in [0.25, 0.3) is 10.9 Å². The van der Waals surface area contributed by atoms with E-state index in [0.717, 1.165) is 17.7 Å². The average Bonchev–Trinajstić information content (AvgIpc) is 3.18. The summed E-state index contributed by atoms with van der Waals surface area (Å²) in [7, 11) is 5.71. The van der Waals surface area contributed by atoms with Crippen LogP contribution >= 0.6 is 0 Å². The lowest BCUT2D eigenvalue weighted by atomic mass is 10.3. The van der Waals surface area contributed by atoms with Gasteiger partial charge in [0.15, 0.2) is 5.82 Å². The van der Waals surface area contributed by atoms with Crippen molar-refractivity contribution in [2.75, 3.05) is 26.0 Å². The van der Waals surface area contributed by atoms with E-state index < -0.39 is 0 Å². The van der Waals surface area contributed by atoms with Gasteiger partial charge in [0, 0.05) is 31.2 Å². The number of fused-ring (bicyclic) bond motifs is 1. The highest BCUT2D eigenvalue weighted by molar-refractivity contribution is 5.88. The zero-order valence-electron chi connectivity index (χ0n) is 17.8. The molecule has 0 aliphatic rings. The minimum Gasteiger partial charge on any atom is -0.364 e. The van der Waals surface area contributed by atoms with Gasteiger partial charge in [0.2, 0.25) is 0 Å². The van der Waals surface area contributed by atoms with Crippen molar-refractivity contribution in [3.05, 3.63) is 71.2 Å². The topological polar surface area (TPSA) is 66.0 Å². The van der Waals surface area contributed by atoms with E-state index in [0.29, 0.717) is 5.52 Å². The number of benzene rings is 1. The number of nitrogens with one attached hydrogen (secondary N) is 2. The van der Waals surface area contributed by atoms with Gasteiger partial charge in [-0.15, -0.1) is 0 Å². The Morgan fingerprint density at radius 2 is 1.68 bits per heavy atom. The highest BCUT2D eigenvalue weighted by atomic mass is 16.1. The Kier molecular flexibility index (Phi) is 10.4. The quantitative estimate of drug-likeness (QED) is 0.671. The first kappa shape index (κ1) is 23.2. The van der Waals surface area contributed by atoms with Gasteiger partial charge in [-0.05, 0) is 40.9 Å². The standard InChI is InChI=1S/C12H19N5O.C6H6.C4H8/c1-8(7-16(2)3)14-11-9-5-6-13-10(9)12(18)17(4)15-11;1-2-4-6-5-3-1;1-3-4-2/h5-6,8,13H,7H2,1-4H3,(H,14,15);1-6H;3-4H,1-2H3/b;;4-3-. The van der Waals surface area contributed by atoms with Crippen molar-refractivity contribution in [1.29, 1.82) is 0 Å². The normalized spacial score (nSPS) is 11.5. The third-order valence-corrected chi connectivity index (χ3v) is 3.78. The maximum atomic E-state index is 11.8. The third-order valence-electron chi connectivity index (χ3n) is 3.78. The summed E-state index contributed by atoms with van der Waals surface area (Å²) in [6.45, 7) is 6.99. The van der Waals surface area contributed by atoms with E-state index in [2.05, 4.69) is 27.2 Å². The first-order valence-electron chi connectivity index (χ1n) is 9.43. The first-order valence-corrected chi connectivity index (χ1v) is 9.43. The third kappa shape index (κ3) is 7.80. The molecule has 2 aromatic heterocycles. The first-order chi connectivity index (χ1) is 13.4. The molecule has 0 radical (unpaired) electrons. The molecule has 2 heterocycles. The molecule has 2 N–H and O–H groups in total. The Morgan fingerprint density at radius 3 is 2.14 bits per heavy atom. The van der Waals surface area contributed by atoms with E-state index in [1.807, 2.05) is 82.6 Å². The second-order valence-corrected chi connectivity index (χ2v) is 6.67. The summed E-state index contributed by atoms with van der Waals surface area (Å²) in [6, 6.07) is 14.1. The Balaban J connectivity index is 0.000000322. The average molecular weight is 384 g/mol. The number of hydrogen-bond acceptors (Lipinski definition) is 4. The Bertz CT molecular complexity index is 850. The predicted octanol–water partition coefficient (Wildman–Crippen LogP) is 3.89. The lowest BCUT2D eigenvalue weighted by Crippen LogP contribution is -2.31. The molecule has 1 atom stereocenters. The van der Waals surface area contributed by atoms with E-state index in [1.54, 1.807) is 13.2 Å². The molecule has 0 bridgehead atoms. The van der Waals surface area contributed by atoms with Crippen LogP contribution in [-0.2, 0) is 7.05 Å². The molecule has 0 aliphatic carbocycles. The molecule has 3 aromatic rings. The van der Waals surface area contributed by atoms with Gasteiger partial charge >= 0.3 is 0 Å². The van der Waals surface area contributed by atoms with Crippen LogP contribution in [0.5, 0.6) is 0 Å². The van der Waals surface area contributed by atoms with Gasteiger partial charge in [-0.25, -0.2) is 4.68 Å². The van der Waals surface area contributed by atoms with Crippen molar-refractivity contribution < 1.29 is 0 Å². The van der Waals surface area contributed by atoms with Crippen molar-refractivity contribution >= 4 is 16.7 Å². The van der Waals surface area contributed by atoms with Crippen molar-refractivity contribution in [1.82, 2.24) is 19.7 Å². The van der Waals surface area contributed by atoms with Crippen LogP contribution < -0.4 is 10.9 Å². The van der Waals surface area contributed by atoms with Gasteiger partial charge in [0.05, 0.1) is 0 Å². The number of aromatic amines is 1. The van der Waals surface area contributed by atoms with Gasteiger partial charge < -0.3 is 15.2 Å². The fourth-order valence-corrected chi connectivity index (χ4v) is 2.47. The van der Waals surface area contributed by atoms with Gasteiger partial charge in [0.25, 0.3) is 5.56 Å². The van der Waals surface area contributed by atoms with Crippen molar-refractivity contribution in [3.8, 4) is 0 Å². The van der Waals surface area contributed by atoms with Crippen LogP contribution in [0, 0.1) is 0 Å². The Labute approximate surface area is 167 Å². The maximum absolute atomic E-state index is 11.8. The van der Waals surface area contributed by atoms with Crippen LogP contribution in [0.1, 0.15) is 20.8 Å². The molecule has 6 heteroatoms. The Hall–Kier alpha value is -2.86. The number of allylic oxidation sites excluding steroid dienone is 2. The molecule has 0 spiro atoms. The SMILES string of the molecule is C/C=C\C.CC(CN(C)C)Nc1nn(C)c(=O)c2[nH]ccc12.c1ccccc1. The number of hydrogen-bond donors (Lipinski definition) is 2. The molecule has 0 amide bonds. The highest BCUT2D eigenvalue weighted by Gasteiger charge is 2.12. The van der Waals surface area contributed by atoms with Crippen molar-refractivity contribution in [2.24, 2.45) is 7.05 Å². The van der Waals surface area contributed by atoms with Crippen molar-refractivity contribution in [2.45, 2.75) is 26.8 Å². The number of likely N-dealkylation sites (N-methyl/N-ethyl adjacent to an activating group) is 1. The molecule has 0 aliphatic heterocycles. The fourth-order valence-electron chi connectivity index (χ4n) is 2.47. The summed E-state index contributed by atoms with van der Waals surface area (Å²) >= 11 is 0. The smallest absolute Gasteiger partial charge is 0.290 e. The largest absolute Gasteiger partial charge is 0.364 e. The van der Waals surface area contributed by atoms with E-state index in [4.69, 9.17) is 0 Å². The maximum Gasteiger partial charge on any atom is 0.290 e. The highest BCUT2D eigenvalue weighted by Crippen LogP contribution is 2.17. The van der Waals surface area contributed by atoms with Crippen molar-refractivity contribution in [3.63, 3.8) is 0 Å². The van der Waals surface area contributed by atoms with E-state index >= 15 is 0 Å². The molecule has 0 saturated heterocycles. The second kappa shape index (κ2) is 12.5. The van der Waals surface area contributed by atoms with Gasteiger partial charge in [0.1, 0.15) is 5.52 Å². The minimum absolute atomic E-state index is 0.110. The number of anilines is 1. The fraction of sp³-hybridized carbons (Fsp3) is 0.364. The summed E-state index contributed by atoms with van der Waals surface area (Å²) in [4.78, 5) is 16.9. The number of aromatic nitrogens is 3. The summed E-state index contributed by atoms with van der Waals surface area (Å²) < 4.78 is 1.35. The van der Waals surface area contributed by atoms with Gasteiger partial charge in [-0.1, -0.05) is 48.6 Å². The molecule has 1 unspecified atom stereocenters. The predicted molar refractivity (Wildman–Crippen MR) is 120 cm³/mol. The molecule has 1 aromatic carbocycles. The number of rotatable bonds is 4. The van der Waals surface area contributed by atoms with Crippen LogP contribution in [0.2, 0.25) is 0 Å². The number of nitrogens with zero attached hydrogens (tertiary/aromatic N) is 3. The summed E-state index contributed by atoms with van der Waals surface area (Å²) in [5, 5.41) is 8.45. The zero-order chi connectivity index (χ0) is 20.9. The van der Waals surface area contributed by atoms with Crippen LogP contribution in [0.4, 0.5) is 5.82 Å². The summed E-state index contributed by atoms with van der Waals surface area (Å²) in [6.07, 6.45) is 5.76. The Morgan fingerprint density at radius 1 is 1.14 bits per heavy atom. The van der Waals surface area contributed by atoms with Gasteiger partial charge in [-0.3, -0.25) is 4.79 Å². The van der Waals surface area contributed by atoms with E-state index in [-0.39, 0.29) is 11.6 Å². The van der Waals surface area contributed by atoms with Crippen LogP contribution in [0.3, 0.4) is 0 Å². The molecule has 0 fully saturated rings. The zero-order valence-corrected chi connectivity index (χ0v) is 17.8. The van der Waals surface area contributed by atoms with Gasteiger partial charge in [-0.2, -0.15) is 5.10 Å². The molecule has 152 valence electrons. The molecule has 6 nitrogen and oxygen atoms in total. The number of aryl methyl sites for hydroxylation is 1. The van der Waals surface area contributed by atoms with Crippen LogP contribution in [0.15, 0.2) is 65.6 Å².